The van der Waals surface area contributed by atoms with E-state index in [4.69, 9.17) is 4.74 Å². The molecule has 2 atom stereocenters. The van der Waals surface area contributed by atoms with Crippen LogP contribution in [-0.4, -0.2) is 37.2 Å². The molecular weight excluding hydrogens is 294 g/mol. The highest BCUT2D eigenvalue weighted by molar-refractivity contribution is 4.96. The maximum Gasteiger partial charge on any atom is 0.0547 e. The lowest BCUT2D eigenvalue weighted by Gasteiger charge is -2.53. The molecule has 0 bridgehead atoms. The van der Waals surface area contributed by atoms with Crippen LogP contribution in [0, 0.1) is 17.3 Å². The topological polar surface area (TPSA) is 12.5 Å². The van der Waals surface area contributed by atoms with Crippen molar-refractivity contribution in [1.29, 1.82) is 0 Å². The monoisotopic (exact) mass is 337 g/mol. The Morgan fingerprint density at radius 3 is 2.42 bits per heavy atom. The van der Waals surface area contributed by atoms with Gasteiger partial charge in [-0.2, -0.15) is 0 Å². The van der Waals surface area contributed by atoms with Gasteiger partial charge in [0.25, 0.3) is 0 Å². The Morgan fingerprint density at radius 1 is 1.08 bits per heavy atom. The standard InChI is InChI=1S/C22H43NO/c1-5-7-9-20(4)24-15-8-10-21-16-22(17-21)11-13-23(14-12-22)18-19(3)6-2/h19-21H,5-18H2,1-4H3. The van der Waals surface area contributed by atoms with E-state index in [9.17, 15) is 0 Å². The summed E-state index contributed by atoms with van der Waals surface area (Å²) in [5.74, 6) is 1.87. The summed E-state index contributed by atoms with van der Waals surface area (Å²) in [6.07, 6.45) is 14.2. The summed E-state index contributed by atoms with van der Waals surface area (Å²) in [7, 11) is 0. The molecular formula is C22H43NO. The van der Waals surface area contributed by atoms with Gasteiger partial charge >= 0.3 is 0 Å². The maximum absolute atomic E-state index is 5.95. The number of hydrogen-bond donors (Lipinski definition) is 0. The summed E-state index contributed by atoms with van der Waals surface area (Å²) in [6, 6.07) is 0. The molecule has 0 radical (unpaired) electrons. The van der Waals surface area contributed by atoms with Gasteiger partial charge in [0.1, 0.15) is 0 Å². The van der Waals surface area contributed by atoms with Gasteiger partial charge in [-0.05, 0) is 82.2 Å². The minimum absolute atomic E-state index is 0.465. The van der Waals surface area contributed by atoms with Crippen LogP contribution in [0.4, 0.5) is 0 Å². The number of unbranched alkanes of at least 4 members (excludes halogenated alkanes) is 1. The Hall–Kier alpha value is -0.0800. The molecule has 1 spiro atoms. The van der Waals surface area contributed by atoms with Gasteiger partial charge < -0.3 is 9.64 Å². The first-order valence-electron chi connectivity index (χ1n) is 10.9. The summed E-state index contributed by atoms with van der Waals surface area (Å²) in [5.41, 5.74) is 0.742. The van der Waals surface area contributed by atoms with Crippen LogP contribution in [0.3, 0.4) is 0 Å². The molecule has 0 amide bonds. The molecule has 0 N–H and O–H groups in total. The van der Waals surface area contributed by atoms with E-state index in [0.717, 1.165) is 23.9 Å². The highest BCUT2D eigenvalue weighted by Crippen LogP contribution is 2.54. The van der Waals surface area contributed by atoms with Crippen LogP contribution in [0.15, 0.2) is 0 Å². The minimum atomic E-state index is 0.465. The zero-order valence-corrected chi connectivity index (χ0v) is 17.0. The second kappa shape index (κ2) is 10.2. The van der Waals surface area contributed by atoms with E-state index < -0.39 is 0 Å². The van der Waals surface area contributed by atoms with Crippen LogP contribution >= 0.6 is 0 Å². The van der Waals surface area contributed by atoms with Crippen molar-refractivity contribution in [3.05, 3.63) is 0 Å². The number of ether oxygens (including phenoxy) is 1. The fraction of sp³-hybridized carbons (Fsp3) is 1.00. The van der Waals surface area contributed by atoms with E-state index in [1.165, 1.54) is 83.8 Å². The van der Waals surface area contributed by atoms with Crippen LogP contribution in [0.25, 0.3) is 0 Å². The molecule has 2 heteroatoms. The van der Waals surface area contributed by atoms with Gasteiger partial charge in [-0.25, -0.2) is 0 Å². The molecule has 2 unspecified atom stereocenters. The highest BCUT2D eigenvalue weighted by Gasteiger charge is 2.45. The number of likely N-dealkylation sites (tertiary alicyclic amines) is 1. The molecule has 0 aromatic heterocycles. The smallest absolute Gasteiger partial charge is 0.0547 e. The third-order valence-electron chi connectivity index (χ3n) is 6.75. The molecule has 0 aromatic rings. The van der Waals surface area contributed by atoms with Gasteiger partial charge in [-0.15, -0.1) is 0 Å². The van der Waals surface area contributed by atoms with E-state index in [2.05, 4.69) is 32.6 Å². The van der Waals surface area contributed by atoms with Gasteiger partial charge in [0.05, 0.1) is 6.10 Å². The maximum atomic E-state index is 5.95. The summed E-state index contributed by atoms with van der Waals surface area (Å²) >= 11 is 0. The summed E-state index contributed by atoms with van der Waals surface area (Å²) < 4.78 is 5.95. The lowest BCUT2D eigenvalue weighted by atomic mass is 9.56. The molecule has 1 aliphatic heterocycles. The molecule has 2 fully saturated rings. The number of hydrogen-bond acceptors (Lipinski definition) is 2. The van der Waals surface area contributed by atoms with Crippen LogP contribution < -0.4 is 0 Å². The van der Waals surface area contributed by atoms with Gasteiger partial charge in [-0.1, -0.05) is 40.0 Å². The summed E-state index contributed by atoms with van der Waals surface area (Å²) in [5, 5.41) is 0. The third-order valence-corrected chi connectivity index (χ3v) is 6.75. The molecule has 2 aliphatic rings. The van der Waals surface area contributed by atoms with Crippen molar-refractivity contribution < 1.29 is 4.74 Å². The molecule has 142 valence electrons. The van der Waals surface area contributed by atoms with Crippen molar-refractivity contribution in [2.75, 3.05) is 26.2 Å². The van der Waals surface area contributed by atoms with E-state index in [1.807, 2.05) is 0 Å². The molecule has 24 heavy (non-hydrogen) atoms. The first kappa shape index (κ1) is 20.2. The Kier molecular flexibility index (Phi) is 8.57. The van der Waals surface area contributed by atoms with E-state index in [0.29, 0.717) is 6.10 Å². The SMILES string of the molecule is CCCCC(C)OCCCC1CC2(CCN(CC(C)CC)CC2)C1. The predicted octanol–water partition coefficient (Wildman–Crippen LogP) is 5.90. The van der Waals surface area contributed by atoms with Gasteiger partial charge in [0, 0.05) is 13.2 Å². The van der Waals surface area contributed by atoms with E-state index in [1.54, 1.807) is 0 Å². The lowest BCUT2D eigenvalue weighted by Crippen LogP contribution is -2.47. The molecule has 1 aliphatic carbocycles. The van der Waals surface area contributed by atoms with Gasteiger partial charge in [0.15, 0.2) is 0 Å². The normalized spacial score (nSPS) is 24.0. The zero-order valence-electron chi connectivity index (χ0n) is 17.0. The fourth-order valence-corrected chi connectivity index (χ4v) is 4.79. The third kappa shape index (κ3) is 6.33. The van der Waals surface area contributed by atoms with Crippen molar-refractivity contribution in [3.8, 4) is 0 Å². The number of piperidine rings is 1. The van der Waals surface area contributed by atoms with Crippen molar-refractivity contribution >= 4 is 0 Å². The first-order valence-corrected chi connectivity index (χ1v) is 10.9. The van der Waals surface area contributed by atoms with Crippen molar-refractivity contribution in [3.63, 3.8) is 0 Å². The quantitative estimate of drug-likeness (QED) is 0.435. The number of nitrogens with zero attached hydrogens (tertiary/aromatic N) is 1. The molecule has 1 heterocycles. The van der Waals surface area contributed by atoms with Crippen LogP contribution in [-0.2, 0) is 4.74 Å². The summed E-state index contributed by atoms with van der Waals surface area (Å²) in [6.45, 7) is 14.2. The van der Waals surface area contributed by atoms with Crippen LogP contribution in [0.5, 0.6) is 0 Å². The largest absolute Gasteiger partial charge is 0.379 e. The first-order chi connectivity index (χ1) is 11.6. The minimum Gasteiger partial charge on any atom is -0.379 e. The molecule has 1 saturated heterocycles. The van der Waals surface area contributed by atoms with Crippen molar-refractivity contribution in [2.45, 2.75) is 98.0 Å². The van der Waals surface area contributed by atoms with E-state index >= 15 is 0 Å². The zero-order chi connectivity index (χ0) is 17.4. The highest BCUT2D eigenvalue weighted by atomic mass is 16.5. The lowest BCUT2D eigenvalue weighted by molar-refractivity contribution is -0.0242. The number of rotatable bonds is 11. The average molecular weight is 338 g/mol. The van der Waals surface area contributed by atoms with Crippen LogP contribution in [0.2, 0.25) is 0 Å². The molecule has 1 saturated carbocycles. The molecule has 2 nitrogen and oxygen atoms in total. The Morgan fingerprint density at radius 2 is 1.79 bits per heavy atom. The van der Waals surface area contributed by atoms with Gasteiger partial charge in [-0.3, -0.25) is 0 Å². The average Bonchev–Trinajstić information content (AvgIpc) is 2.56. The molecule has 2 rings (SSSR count). The summed E-state index contributed by atoms with van der Waals surface area (Å²) in [4.78, 5) is 2.72. The van der Waals surface area contributed by atoms with Gasteiger partial charge in [0.2, 0.25) is 0 Å². The van der Waals surface area contributed by atoms with E-state index in [-0.39, 0.29) is 0 Å². The molecule has 0 aromatic carbocycles. The second-order valence-corrected chi connectivity index (χ2v) is 9.05. The van der Waals surface area contributed by atoms with Crippen LogP contribution in [0.1, 0.15) is 91.9 Å². The Labute approximate surface area is 151 Å². The Bertz CT molecular complexity index is 327. The second-order valence-electron chi connectivity index (χ2n) is 9.05. The Balaban J connectivity index is 1.51. The fourth-order valence-electron chi connectivity index (χ4n) is 4.79. The van der Waals surface area contributed by atoms with Crippen molar-refractivity contribution in [1.82, 2.24) is 4.90 Å². The van der Waals surface area contributed by atoms with Crippen molar-refractivity contribution in [2.24, 2.45) is 17.3 Å². The predicted molar refractivity (Wildman–Crippen MR) is 104 cm³/mol.